The molecule has 1 aromatic carbocycles. The fourth-order valence-corrected chi connectivity index (χ4v) is 1.82. The van der Waals surface area contributed by atoms with Gasteiger partial charge >= 0.3 is 0 Å². The molecule has 2 aromatic heterocycles. The maximum absolute atomic E-state index is 4.18. The summed E-state index contributed by atoms with van der Waals surface area (Å²) in [7, 11) is 0. The number of tetrazole rings is 1. The summed E-state index contributed by atoms with van der Waals surface area (Å²) in [4.78, 5) is 4.18. The van der Waals surface area contributed by atoms with Gasteiger partial charge in [-0.05, 0) is 29.0 Å². The van der Waals surface area contributed by atoms with Crippen LogP contribution in [-0.2, 0) is 6.54 Å². The summed E-state index contributed by atoms with van der Waals surface area (Å²) in [5.41, 5.74) is 1.06. The Hall–Kier alpha value is -2.30. The van der Waals surface area contributed by atoms with Gasteiger partial charge in [-0.25, -0.2) is 4.68 Å². The molecule has 3 rings (SSSR count). The van der Waals surface area contributed by atoms with E-state index >= 15 is 0 Å². The largest absolute Gasteiger partial charge is 0.256 e. The number of aryl methyl sites for hydroxylation is 1. The number of fused-ring (bicyclic) bond motifs is 1. The molecule has 104 valence electrons. The second-order valence-corrected chi connectivity index (χ2v) is 4.48. The zero-order valence-corrected chi connectivity index (χ0v) is 11.7. The molecule has 0 spiro atoms. The van der Waals surface area contributed by atoms with Crippen molar-refractivity contribution in [3.63, 3.8) is 0 Å². The minimum Gasteiger partial charge on any atom is -0.256 e. The van der Waals surface area contributed by atoms with Gasteiger partial charge in [0.25, 0.3) is 0 Å². The standard InChI is InChI=1S/C9H7N.C6H12N4/c1-2-6-9-8(4-1)5-3-7-10-9;1-2-3-4-5-10-6-7-8-9-10/h1-7H;6H,2-5H2,1H3. The Morgan fingerprint density at radius 3 is 2.65 bits per heavy atom. The van der Waals surface area contributed by atoms with E-state index in [1.807, 2.05) is 30.5 Å². The third-order valence-corrected chi connectivity index (χ3v) is 2.89. The van der Waals surface area contributed by atoms with Crippen molar-refractivity contribution in [2.75, 3.05) is 0 Å². The Balaban J connectivity index is 0.000000147. The van der Waals surface area contributed by atoms with Gasteiger partial charge in [-0.3, -0.25) is 4.98 Å². The molecule has 0 radical (unpaired) electrons. The Morgan fingerprint density at radius 2 is 1.90 bits per heavy atom. The van der Waals surface area contributed by atoms with Gasteiger partial charge in [0.1, 0.15) is 6.33 Å². The van der Waals surface area contributed by atoms with Gasteiger partial charge in [-0.15, -0.1) is 5.10 Å². The van der Waals surface area contributed by atoms with Gasteiger partial charge in [0.05, 0.1) is 5.52 Å². The molecule has 0 aliphatic heterocycles. The lowest BCUT2D eigenvalue weighted by molar-refractivity contribution is 0.537. The molecule has 0 fully saturated rings. The highest BCUT2D eigenvalue weighted by Gasteiger charge is 1.90. The smallest absolute Gasteiger partial charge is 0.138 e. The maximum atomic E-state index is 4.18. The number of nitrogens with zero attached hydrogens (tertiary/aromatic N) is 5. The molecule has 0 saturated carbocycles. The van der Waals surface area contributed by atoms with Crippen molar-refractivity contribution < 1.29 is 0 Å². The molecule has 5 nitrogen and oxygen atoms in total. The van der Waals surface area contributed by atoms with Crippen LogP contribution < -0.4 is 0 Å². The van der Waals surface area contributed by atoms with E-state index in [0.717, 1.165) is 12.1 Å². The number of unbranched alkanes of at least 4 members (excludes halogenated alkanes) is 2. The van der Waals surface area contributed by atoms with Crippen LogP contribution in [0.15, 0.2) is 48.9 Å². The Bertz CT molecular complexity index is 541. The predicted molar refractivity (Wildman–Crippen MR) is 79.1 cm³/mol. The van der Waals surface area contributed by atoms with Crippen molar-refractivity contribution >= 4 is 10.9 Å². The number of hydrogen-bond acceptors (Lipinski definition) is 4. The van der Waals surface area contributed by atoms with Crippen LogP contribution in [0, 0.1) is 0 Å². The van der Waals surface area contributed by atoms with Gasteiger partial charge in [-0.1, -0.05) is 44.0 Å². The minimum absolute atomic E-state index is 0.945. The minimum atomic E-state index is 0.945. The van der Waals surface area contributed by atoms with Crippen molar-refractivity contribution in [3.05, 3.63) is 48.9 Å². The van der Waals surface area contributed by atoms with E-state index in [1.54, 1.807) is 11.0 Å². The topological polar surface area (TPSA) is 56.5 Å². The highest BCUT2D eigenvalue weighted by atomic mass is 15.5. The van der Waals surface area contributed by atoms with E-state index in [1.165, 1.54) is 24.6 Å². The number of benzene rings is 1. The second-order valence-electron chi connectivity index (χ2n) is 4.48. The number of rotatable bonds is 4. The Labute approximate surface area is 118 Å². The Morgan fingerprint density at radius 1 is 1.05 bits per heavy atom. The number of para-hydroxylation sites is 1. The number of hydrogen-bond donors (Lipinski definition) is 0. The van der Waals surface area contributed by atoms with Gasteiger partial charge < -0.3 is 0 Å². The van der Waals surface area contributed by atoms with Gasteiger partial charge in [-0.2, -0.15) is 0 Å². The maximum Gasteiger partial charge on any atom is 0.138 e. The lowest BCUT2D eigenvalue weighted by atomic mass is 10.2. The number of aromatic nitrogens is 5. The quantitative estimate of drug-likeness (QED) is 0.683. The second kappa shape index (κ2) is 7.99. The predicted octanol–water partition coefficient (Wildman–Crippen LogP) is 3.10. The first-order valence-corrected chi connectivity index (χ1v) is 6.90. The van der Waals surface area contributed by atoms with Gasteiger partial charge in [0.2, 0.25) is 0 Å². The molecule has 0 unspecified atom stereocenters. The molecule has 0 atom stereocenters. The first-order chi connectivity index (χ1) is 9.90. The molecular weight excluding hydrogens is 250 g/mol. The normalized spacial score (nSPS) is 10.1. The summed E-state index contributed by atoms with van der Waals surface area (Å²) in [6.07, 6.45) is 7.11. The van der Waals surface area contributed by atoms with Gasteiger partial charge in [0.15, 0.2) is 0 Å². The molecule has 0 aliphatic carbocycles. The van der Waals surface area contributed by atoms with Crippen LogP contribution >= 0.6 is 0 Å². The average molecular weight is 269 g/mol. The summed E-state index contributed by atoms with van der Waals surface area (Å²) in [5.74, 6) is 0. The lowest BCUT2D eigenvalue weighted by Crippen LogP contribution is -1.98. The van der Waals surface area contributed by atoms with Crippen LogP contribution in [0.5, 0.6) is 0 Å². The summed E-state index contributed by atoms with van der Waals surface area (Å²) in [6, 6.07) is 12.1. The van der Waals surface area contributed by atoms with Crippen LogP contribution in [0.3, 0.4) is 0 Å². The zero-order chi connectivity index (χ0) is 14.0. The van der Waals surface area contributed by atoms with Crippen molar-refractivity contribution in [2.45, 2.75) is 32.7 Å². The molecule has 2 heterocycles. The van der Waals surface area contributed by atoms with Crippen molar-refractivity contribution in [3.8, 4) is 0 Å². The van der Waals surface area contributed by atoms with Crippen LogP contribution in [0.2, 0.25) is 0 Å². The van der Waals surface area contributed by atoms with Crippen molar-refractivity contribution in [1.29, 1.82) is 0 Å². The highest BCUT2D eigenvalue weighted by molar-refractivity contribution is 5.77. The molecule has 0 saturated heterocycles. The molecule has 3 aromatic rings. The fraction of sp³-hybridized carbons (Fsp3) is 0.333. The molecule has 0 N–H and O–H groups in total. The zero-order valence-electron chi connectivity index (χ0n) is 11.7. The van der Waals surface area contributed by atoms with Crippen LogP contribution in [-0.4, -0.2) is 25.2 Å². The lowest BCUT2D eigenvalue weighted by Gasteiger charge is -1.95. The Kier molecular flexibility index (Phi) is 5.64. The SMILES string of the molecule is CCCCCn1cnnn1.c1ccc2ncccc2c1. The van der Waals surface area contributed by atoms with Crippen LogP contribution in [0.1, 0.15) is 26.2 Å². The van der Waals surface area contributed by atoms with Crippen LogP contribution in [0.4, 0.5) is 0 Å². The van der Waals surface area contributed by atoms with E-state index in [0.29, 0.717) is 0 Å². The molecular formula is C15H19N5. The first kappa shape index (κ1) is 14.1. The molecule has 5 heteroatoms. The summed E-state index contributed by atoms with van der Waals surface area (Å²) >= 11 is 0. The van der Waals surface area contributed by atoms with E-state index in [-0.39, 0.29) is 0 Å². The first-order valence-electron chi connectivity index (χ1n) is 6.90. The van der Waals surface area contributed by atoms with Crippen molar-refractivity contribution in [2.24, 2.45) is 0 Å². The fourth-order valence-electron chi connectivity index (χ4n) is 1.82. The monoisotopic (exact) mass is 269 g/mol. The number of pyridine rings is 1. The van der Waals surface area contributed by atoms with Crippen molar-refractivity contribution in [1.82, 2.24) is 25.2 Å². The molecule has 20 heavy (non-hydrogen) atoms. The summed E-state index contributed by atoms with van der Waals surface area (Å²) in [5, 5.41) is 12.0. The van der Waals surface area contributed by atoms with Crippen LogP contribution in [0.25, 0.3) is 10.9 Å². The molecule has 0 bridgehead atoms. The van der Waals surface area contributed by atoms with E-state index in [4.69, 9.17) is 0 Å². The summed E-state index contributed by atoms with van der Waals surface area (Å²) < 4.78 is 1.76. The molecule has 0 aliphatic rings. The van der Waals surface area contributed by atoms with Gasteiger partial charge in [0, 0.05) is 18.1 Å². The third-order valence-electron chi connectivity index (χ3n) is 2.89. The highest BCUT2D eigenvalue weighted by Crippen LogP contribution is 2.07. The molecule has 0 amide bonds. The third kappa shape index (κ3) is 4.42. The van der Waals surface area contributed by atoms with E-state index < -0.39 is 0 Å². The van der Waals surface area contributed by atoms with E-state index in [2.05, 4.69) is 39.6 Å². The average Bonchev–Trinajstić information content (AvgIpc) is 3.02. The van der Waals surface area contributed by atoms with E-state index in [9.17, 15) is 0 Å². The summed E-state index contributed by atoms with van der Waals surface area (Å²) in [6.45, 7) is 3.13.